The Hall–Kier alpha value is -2.06. The zero-order valence-corrected chi connectivity index (χ0v) is 14.8. The molecule has 7 nitrogen and oxygen atoms in total. The Morgan fingerprint density at radius 3 is 3.04 bits per heavy atom. The summed E-state index contributed by atoms with van der Waals surface area (Å²) in [4.78, 5) is 27.1. The van der Waals surface area contributed by atoms with Crippen molar-refractivity contribution < 1.29 is 9.53 Å². The average molecular weight is 347 g/mol. The van der Waals surface area contributed by atoms with Crippen LogP contribution in [0.3, 0.4) is 0 Å². The molecule has 2 atom stereocenters. The smallest absolute Gasteiger partial charge is 0.223 e. The summed E-state index contributed by atoms with van der Waals surface area (Å²) in [5.41, 5.74) is 0.901. The Labute approximate surface area is 145 Å². The zero-order valence-electron chi connectivity index (χ0n) is 14.0. The van der Waals surface area contributed by atoms with Crippen LogP contribution in [-0.4, -0.2) is 44.4 Å². The second-order valence-corrected chi connectivity index (χ2v) is 7.18. The van der Waals surface area contributed by atoms with Gasteiger partial charge in [-0.05, 0) is 13.8 Å². The molecule has 1 N–H and O–H groups in total. The van der Waals surface area contributed by atoms with Gasteiger partial charge in [-0.3, -0.25) is 9.69 Å². The fourth-order valence-electron chi connectivity index (χ4n) is 2.81. The number of thiazole rings is 1. The summed E-state index contributed by atoms with van der Waals surface area (Å²) in [6.07, 6.45) is 4.43. The lowest BCUT2D eigenvalue weighted by atomic mass is 10.2. The normalized spacial score (nSPS) is 21.0. The number of nitrogens with one attached hydrogen (secondary N) is 1. The Morgan fingerprint density at radius 2 is 2.29 bits per heavy atom. The molecule has 0 aliphatic carbocycles. The van der Waals surface area contributed by atoms with Crippen LogP contribution >= 0.6 is 11.3 Å². The van der Waals surface area contributed by atoms with E-state index in [1.54, 1.807) is 0 Å². The van der Waals surface area contributed by atoms with Crippen LogP contribution in [0.2, 0.25) is 0 Å². The van der Waals surface area contributed by atoms with Crippen LogP contribution in [0.25, 0.3) is 0 Å². The number of amides is 1. The number of ether oxygens (including phenoxy) is 1. The molecule has 24 heavy (non-hydrogen) atoms. The van der Waals surface area contributed by atoms with Crippen molar-refractivity contribution in [3.63, 3.8) is 0 Å². The number of nitrogens with zero attached hydrogens (tertiary/aromatic N) is 4. The van der Waals surface area contributed by atoms with E-state index in [0.29, 0.717) is 17.1 Å². The molecule has 0 radical (unpaired) electrons. The molecule has 2 aromatic rings. The number of aryl methyl sites for hydroxylation is 1. The summed E-state index contributed by atoms with van der Waals surface area (Å²) in [7, 11) is 0. The van der Waals surface area contributed by atoms with Crippen LogP contribution in [0, 0.1) is 6.92 Å². The molecule has 1 amide bonds. The number of hydrogen-bond acceptors (Lipinski definition) is 7. The standard InChI is InChI=1S/C16H21N5O2S/c1-10-4-15(19-9-18-10)23-13-5-11(2)21(7-13)8-14-6-17-16(24-14)20-12(3)22/h4,6,9,11,13H,5,7-8H2,1-3H3,(H,17,20,22)/t11-,13-/m1/s1. The predicted molar refractivity (Wildman–Crippen MR) is 92.1 cm³/mol. The van der Waals surface area contributed by atoms with Gasteiger partial charge < -0.3 is 10.1 Å². The topological polar surface area (TPSA) is 80.2 Å². The molecule has 8 heteroatoms. The highest BCUT2D eigenvalue weighted by molar-refractivity contribution is 7.15. The molecule has 1 saturated heterocycles. The molecule has 3 rings (SSSR count). The van der Waals surface area contributed by atoms with Crippen molar-refractivity contribution in [1.29, 1.82) is 0 Å². The minimum atomic E-state index is -0.0981. The summed E-state index contributed by atoms with van der Waals surface area (Å²) >= 11 is 1.51. The Morgan fingerprint density at radius 1 is 1.46 bits per heavy atom. The van der Waals surface area contributed by atoms with Gasteiger partial charge in [0.1, 0.15) is 12.4 Å². The predicted octanol–water partition coefficient (Wildman–Crippen LogP) is 2.24. The molecule has 0 spiro atoms. The first-order chi connectivity index (χ1) is 11.5. The fourth-order valence-corrected chi connectivity index (χ4v) is 3.69. The van der Waals surface area contributed by atoms with E-state index in [1.807, 2.05) is 19.2 Å². The fraction of sp³-hybridized carbons (Fsp3) is 0.500. The van der Waals surface area contributed by atoms with Gasteiger partial charge >= 0.3 is 0 Å². The first-order valence-corrected chi connectivity index (χ1v) is 8.73. The van der Waals surface area contributed by atoms with Crippen molar-refractivity contribution in [3.8, 4) is 5.88 Å². The summed E-state index contributed by atoms with van der Waals surface area (Å²) < 4.78 is 5.99. The Balaban J connectivity index is 1.57. The number of rotatable bonds is 5. The second kappa shape index (κ2) is 7.23. The highest BCUT2D eigenvalue weighted by Crippen LogP contribution is 2.26. The Kier molecular flexibility index (Phi) is 5.06. The summed E-state index contributed by atoms with van der Waals surface area (Å²) in [6, 6.07) is 2.28. The first kappa shape index (κ1) is 16.8. The van der Waals surface area contributed by atoms with E-state index in [9.17, 15) is 4.79 Å². The number of carbonyl (C=O) groups is 1. The summed E-state index contributed by atoms with van der Waals surface area (Å²) in [5.74, 6) is 0.534. The number of hydrogen-bond donors (Lipinski definition) is 1. The van der Waals surface area contributed by atoms with Crippen LogP contribution < -0.4 is 10.1 Å². The zero-order chi connectivity index (χ0) is 17.1. The number of likely N-dealkylation sites (tertiary alicyclic amines) is 1. The maximum Gasteiger partial charge on any atom is 0.223 e. The molecule has 0 aromatic carbocycles. The molecule has 128 valence electrons. The van der Waals surface area contributed by atoms with Crippen molar-refractivity contribution in [2.45, 2.75) is 45.9 Å². The third kappa shape index (κ3) is 4.27. The molecule has 1 fully saturated rings. The molecule has 1 aliphatic heterocycles. The van der Waals surface area contributed by atoms with Crippen molar-refractivity contribution in [3.05, 3.63) is 29.2 Å². The maximum atomic E-state index is 11.1. The third-order valence-corrected chi connectivity index (χ3v) is 4.82. The van der Waals surface area contributed by atoms with Gasteiger partial charge in [-0.2, -0.15) is 0 Å². The molecule has 0 saturated carbocycles. The monoisotopic (exact) mass is 347 g/mol. The van der Waals surface area contributed by atoms with Crippen molar-refractivity contribution in [2.75, 3.05) is 11.9 Å². The number of anilines is 1. The van der Waals surface area contributed by atoms with Crippen molar-refractivity contribution in [1.82, 2.24) is 19.9 Å². The van der Waals surface area contributed by atoms with Gasteiger partial charge in [0.2, 0.25) is 11.8 Å². The minimum absolute atomic E-state index is 0.0981. The molecule has 0 unspecified atom stereocenters. The van der Waals surface area contributed by atoms with E-state index in [0.717, 1.165) is 30.1 Å². The van der Waals surface area contributed by atoms with Crippen LogP contribution in [0.4, 0.5) is 5.13 Å². The van der Waals surface area contributed by atoms with Gasteiger partial charge in [0.25, 0.3) is 0 Å². The van der Waals surface area contributed by atoms with Gasteiger partial charge in [0.15, 0.2) is 5.13 Å². The minimum Gasteiger partial charge on any atom is -0.473 e. The quantitative estimate of drug-likeness (QED) is 0.893. The van der Waals surface area contributed by atoms with Crippen LogP contribution in [0.1, 0.15) is 30.8 Å². The highest BCUT2D eigenvalue weighted by Gasteiger charge is 2.31. The maximum absolute atomic E-state index is 11.1. The van der Waals surface area contributed by atoms with Crippen LogP contribution in [0.5, 0.6) is 5.88 Å². The molecular weight excluding hydrogens is 326 g/mol. The van der Waals surface area contributed by atoms with Gasteiger partial charge in [-0.1, -0.05) is 0 Å². The van der Waals surface area contributed by atoms with E-state index in [-0.39, 0.29) is 12.0 Å². The molecule has 2 aromatic heterocycles. The average Bonchev–Trinajstić information content (AvgIpc) is 3.06. The van der Waals surface area contributed by atoms with Gasteiger partial charge in [0.05, 0.1) is 0 Å². The van der Waals surface area contributed by atoms with E-state index in [2.05, 4.69) is 32.1 Å². The largest absolute Gasteiger partial charge is 0.473 e. The summed E-state index contributed by atoms with van der Waals surface area (Å²) in [6.45, 7) is 7.26. The van der Waals surface area contributed by atoms with Gasteiger partial charge in [-0.15, -0.1) is 11.3 Å². The third-order valence-electron chi connectivity index (χ3n) is 3.93. The summed E-state index contributed by atoms with van der Waals surface area (Å²) in [5, 5.41) is 3.37. The van der Waals surface area contributed by atoms with E-state index >= 15 is 0 Å². The first-order valence-electron chi connectivity index (χ1n) is 7.91. The van der Waals surface area contributed by atoms with Crippen molar-refractivity contribution >= 4 is 22.4 Å². The second-order valence-electron chi connectivity index (χ2n) is 6.06. The van der Waals surface area contributed by atoms with Gasteiger partial charge in [0, 0.05) is 55.3 Å². The van der Waals surface area contributed by atoms with E-state index in [4.69, 9.17) is 4.74 Å². The molecule has 1 aliphatic rings. The molecule has 3 heterocycles. The lowest BCUT2D eigenvalue weighted by Crippen LogP contribution is -2.27. The van der Waals surface area contributed by atoms with Crippen LogP contribution in [0.15, 0.2) is 18.6 Å². The Bertz CT molecular complexity index is 720. The van der Waals surface area contributed by atoms with Crippen LogP contribution in [-0.2, 0) is 11.3 Å². The van der Waals surface area contributed by atoms with Crippen molar-refractivity contribution in [2.24, 2.45) is 0 Å². The van der Waals surface area contributed by atoms with E-state index in [1.165, 1.54) is 24.6 Å². The highest BCUT2D eigenvalue weighted by atomic mass is 32.1. The number of aromatic nitrogens is 3. The SMILES string of the molecule is CC(=O)Nc1ncc(CN2C[C@H](Oc3cc(C)ncn3)C[C@H]2C)s1. The molecule has 0 bridgehead atoms. The lowest BCUT2D eigenvalue weighted by Gasteiger charge is -2.19. The van der Waals surface area contributed by atoms with Gasteiger partial charge in [-0.25, -0.2) is 15.0 Å². The van der Waals surface area contributed by atoms with E-state index < -0.39 is 0 Å². The molecular formula is C16H21N5O2S. The number of carbonyl (C=O) groups excluding carboxylic acids is 1. The lowest BCUT2D eigenvalue weighted by molar-refractivity contribution is -0.114.